The number of nitrogen functional groups attached to an aromatic ring is 1. The van der Waals surface area contributed by atoms with Gasteiger partial charge in [0.1, 0.15) is 0 Å². The third-order valence-corrected chi connectivity index (χ3v) is 4.72. The number of carbonyl (C=O) groups excluding carboxylic acids is 2. The first-order chi connectivity index (χ1) is 12.4. The highest BCUT2D eigenvalue weighted by atomic mass is 35.5. The molecule has 3 rings (SSSR count). The lowest BCUT2D eigenvalue weighted by Crippen LogP contribution is -2.51. The Morgan fingerprint density at radius 1 is 1.00 bits per heavy atom. The molecule has 1 aliphatic heterocycles. The molecule has 0 unspecified atom stereocenters. The van der Waals surface area contributed by atoms with Crippen molar-refractivity contribution in [1.29, 1.82) is 0 Å². The summed E-state index contributed by atoms with van der Waals surface area (Å²) in [5.74, 6) is -1.29. The number of amides is 2. The van der Waals surface area contributed by atoms with Crippen LogP contribution < -0.4 is 16.0 Å². The number of hydrogen-bond donors (Lipinski definition) is 2. The Labute approximate surface area is 161 Å². The first kappa shape index (κ1) is 18.4. The predicted octanol–water partition coefficient (Wildman–Crippen LogP) is 2.86. The topological polar surface area (TPSA) is 78.7 Å². The first-order valence-corrected chi connectivity index (χ1v) is 8.85. The fourth-order valence-corrected chi connectivity index (χ4v) is 3.21. The summed E-state index contributed by atoms with van der Waals surface area (Å²) >= 11 is 12.0. The van der Waals surface area contributed by atoms with E-state index in [0.29, 0.717) is 42.6 Å². The Morgan fingerprint density at radius 2 is 1.73 bits per heavy atom. The first-order valence-electron chi connectivity index (χ1n) is 8.10. The van der Waals surface area contributed by atoms with Crippen LogP contribution in [0.4, 0.5) is 17.1 Å². The van der Waals surface area contributed by atoms with Crippen molar-refractivity contribution in [2.45, 2.75) is 0 Å². The number of benzene rings is 2. The maximum Gasteiger partial charge on any atom is 0.313 e. The second kappa shape index (κ2) is 7.85. The maximum absolute atomic E-state index is 12.4. The molecule has 136 valence electrons. The van der Waals surface area contributed by atoms with Gasteiger partial charge in [0.15, 0.2) is 0 Å². The highest BCUT2D eigenvalue weighted by Gasteiger charge is 2.26. The minimum Gasteiger partial charge on any atom is -0.399 e. The van der Waals surface area contributed by atoms with Crippen LogP contribution >= 0.6 is 23.2 Å². The molecule has 8 heteroatoms. The van der Waals surface area contributed by atoms with E-state index in [-0.39, 0.29) is 5.02 Å². The van der Waals surface area contributed by atoms with Gasteiger partial charge >= 0.3 is 11.8 Å². The van der Waals surface area contributed by atoms with Crippen LogP contribution in [0.5, 0.6) is 0 Å². The second-order valence-electron chi connectivity index (χ2n) is 5.95. The van der Waals surface area contributed by atoms with Gasteiger partial charge in [0.25, 0.3) is 0 Å². The maximum atomic E-state index is 12.4. The minimum atomic E-state index is -0.715. The summed E-state index contributed by atoms with van der Waals surface area (Å²) in [7, 11) is 0. The Kier molecular flexibility index (Phi) is 5.54. The van der Waals surface area contributed by atoms with Gasteiger partial charge in [0.2, 0.25) is 0 Å². The van der Waals surface area contributed by atoms with Gasteiger partial charge in [-0.05, 0) is 36.4 Å². The molecule has 0 aliphatic carbocycles. The SMILES string of the molecule is Nc1ccc(NC(=O)C(=O)N2CCN(c3cccc(Cl)c3)CC2)c(Cl)c1. The standard InChI is InChI=1S/C18H18Cl2N4O2/c19-12-2-1-3-14(10-12)23-6-8-24(9-7-23)18(26)17(25)22-16-5-4-13(21)11-15(16)20/h1-5,10-11H,6-9,21H2,(H,22,25). The smallest absolute Gasteiger partial charge is 0.313 e. The van der Waals surface area contributed by atoms with Crippen LogP contribution in [-0.4, -0.2) is 42.9 Å². The molecule has 26 heavy (non-hydrogen) atoms. The zero-order valence-corrected chi connectivity index (χ0v) is 15.4. The van der Waals surface area contributed by atoms with E-state index in [1.807, 2.05) is 24.3 Å². The van der Waals surface area contributed by atoms with Gasteiger partial charge in [-0.1, -0.05) is 29.3 Å². The van der Waals surface area contributed by atoms with Crippen molar-refractivity contribution < 1.29 is 9.59 Å². The molecule has 2 amide bonds. The van der Waals surface area contributed by atoms with Crippen LogP contribution in [-0.2, 0) is 9.59 Å². The molecular formula is C18H18Cl2N4O2. The largest absolute Gasteiger partial charge is 0.399 e. The van der Waals surface area contributed by atoms with E-state index in [9.17, 15) is 9.59 Å². The lowest BCUT2D eigenvalue weighted by Gasteiger charge is -2.35. The number of halogens is 2. The molecule has 1 heterocycles. The van der Waals surface area contributed by atoms with Crippen LogP contribution in [0.3, 0.4) is 0 Å². The zero-order valence-electron chi connectivity index (χ0n) is 13.9. The lowest BCUT2D eigenvalue weighted by atomic mass is 10.2. The van der Waals surface area contributed by atoms with E-state index in [0.717, 1.165) is 5.69 Å². The second-order valence-corrected chi connectivity index (χ2v) is 6.80. The summed E-state index contributed by atoms with van der Waals surface area (Å²) in [6, 6.07) is 12.3. The molecule has 3 N–H and O–H groups in total. The summed E-state index contributed by atoms with van der Waals surface area (Å²) in [5.41, 5.74) is 7.46. The molecule has 2 aromatic carbocycles. The average Bonchev–Trinajstić information content (AvgIpc) is 2.63. The van der Waals surface area contributed by atoms with Crippen LogP contribution in [0.1, 0.15) is 0 Å². The van der Waals surface area contributed by atoms with Crippen molar-refractivity contribution >= 4 is 52.1 Å². The molecule has 0 bridgehead atoms. The summed E-state index contributed by atoms with van der Waals surface area (Å²) < 4.78 is 0. The number of anilines is 3. The lowest BCUT2D eigenvalue weighted by molar-refractivity contribution is -0.143. The number of nitrogens with one attached hydrogen (secondary N) is 1. The van der Waals surface area contributed by atoms with Gasteiger partial charge < -0.3 is 20.9 Å². The molecule has 1 saturated heterocycles. The minimum absolute atomic E-state index is 0.289. The fourth-order valence-electron chi connectivity index (χ4n) is 2.79. The van der Waals surface area contributed by atoms with Crippen molar-refractivity contribution in [2.75, 3.05) is 42.1 Å². The van der Waals surface area contributed by atoms with Gasteiger partial charge in [-0.25, -0.2) is 0 Å². The van der Waals surface area contributed by atoms with E-state index in [1.165, 1.54) is 11.0 Å². The molecule has 0 saturated carbocycles. The van der Waals surface area contributed by atoms with E-state index in [2.05, 4.69) is 10.2 Å². The van der Waals surface area contributed by atoms with Gasteiger partial charge in [0.05, 0.1) is 10.7 Å². The fraction of sp³-hybridized carbons (Fsp3) is 0.222. The van der Waals surface area contributed by atoms with Gasteiger partial charge in [-0.15, -0.1) is 0 Å². The summed E-state index contributed by atoms with van der Waals surface area (Å²) in [5, 5.41) is 3.49. The van der Waals surface area contributed by atoms with E-state index in [1.54, 1.807) is 12.1 Å². The van der Waals surface area contributed by atoms with Crippen molar-refractivity contribution in [3.05, 3.63) is 52.5 Å². The van der Waals surface area contributed by atoms with Crippen LogP contribution in [0.2, 0.25) is 10.0 Å². The summed E-state index contributed by atoms with van der Waals surface area (Å²) in [6.07, 6.45) is 0. The van der Waals surface area contributed by atoms with Gasteiger partial charge in [0, 0.05) is 42.6 Å². The number of hydrogen-bond acceptors (Lipinski definition) is 4. The average molecular weight is 393 g/mol. The molecule has 0 atom stereocenters. The molecule has 2 aromatic rings. The van der Waals surface area contributed by atoms with Crippen LogP contribution in [0.25, 0.3) is 0 Å². The predicted molar refractivity (Wildman–Crippen MR) is 105 cm³/mol. The van der Waals surface area contributed by atoms with E-state index in [4.69, 9.17) is 28.9 Å². The molecule has 0 radical (unpaired) electrons. The Balaban J connectivity index is 1.58. The molecule has 0 spiro atoms. The number of nitrogens with two attached hydrogens (primary N) is 1. The van der Waals surface area contributed by atoms with Crippen LogP contribution in [0, 0.1) is 0 Å². The third kappa shape index (κ3) is 4.20. The monoisotopic (exact) mass is 392 g/mol. The molecule has 6 nitrogen and oxygen atoms in total. The Bertz CT molecular complexity index is 836. The van der Waals surface area contributed by atoms with Crippen LogP contribution in [0.15, 0.2) is 42.5 Å². The van der Waals surface area contributed by atoms with Crippen molar-refractivity contribution in [3.8, 4) is 0 Å². The Hall–Kier alpha value is -2.44. The molecule has 0 aromatic heterocycles. The molecule has 1 aliphatic rings. The van der Waals surface area contributed by atoms with E-state index >= 15 is 0 Å². The van der Waals surface area contributed by atoms with E-state index < -0.39 is 11.8 Å². The molecule has 1 fully saturated rings. The highest BCUT2D eigenvalue weighted by Crippen LogP contribution is 2.24. The van der Waals surface area contributed by atoms with Crippen molar-refractivity contribution in [3.63, 3.8) is 0 Å². The molecular weight excluding hydrogens is 375 g/mol. The third-order valence-electron chi connectivity index (χ3n) is 4.18. The quantitative estimate of drug-likeness (QED) is 0.608. The van der Waals surface area contributed by atoms with Gasteiger partial charge in [-0.2, -0.15) is 0 Å². The zero-order chi connectivity index (χ0) is 18.7. The highest BCUT2D eigenvalue weighted by molar-refractivity contribution is 6.41. The Morgan fingerprint density at radius 3 is 2.38 bits per heavy atom. The number of nitrogens with zero attached hydrogens (tertiary/aromatic N) is 2. The van der Waals surface area contributed by atoms with Crippen molar-refractivity contribution in [1.82, 2.24) is 4.90 Å². The van der Waals surface area contributed by atoms with Gasteiger partial charge in [-0.3, -0.25) is 9.59 Å². The number of carbonyl (C=O) groups is 2. The van der Waals surface area contributed by atoms with Crippen molar-refractivity contribution in [2.24, 2.45) is 0 Å². The summed E-state index contributed by atoms with van der Waals surface area (Å²) in [4.78, 5) is 28.3. The number of rotatable bonds is 2. The normalized spacial score (nSPS) is 14.2. The number of piperazine rings is 1. The summed E-state index contributed by atoms with van der Waals surface area (Å²) in [6.45, 7) is 2.16.